The van der Waals surface area contributed by atoms with E-state index < -0.39 is 5.97 Å². The zero-order valence-corrected chi connectivity index (χ0v) is 11.3. The lowest BCUT2D eigenvalue weighted by Gasteiger charge is -2.19. The highest BCUT2D eigenvalue weighted by Gasteiger charge is 2.19. The van der Waals surface area contributed by atoms with Gasteiger partial charge in [-0.05, 0) is 12.8 Å². The normalized spacial score (nSPS) is 18.7. The van der Waals surface area contributed by atoms with Crippen LogP contribution in [0.15, 0.2) is 5.38 Å². The largest absolute Gasteiger partial charge is 0.481 e. The summed E-state index contributed by atoms with van der Waals surface area (Å²) in [5.41, 5.74) is 6.97. The molecule has 0 radical (unpaired) electrons. The monoisotopic (exact) mass is 268 g/mol. The number of aliphatic carboxylic acids is 1. The fourth-order valence-electron chi connectivity index (χ4n) is 2.53. The Kier molecular flexibility index (Phi) is 4.72. The predicted octanol–water partition coefficient (Wildman–Crippen LogP) is 2.54. The molecular formula is C13H20N2O2S. The van der Waals surface area contributed by atoms with E-state index in [0.717, 1.165) is 5.01 Å². The van der Waals surface area contributed by atoms with Crippen LogP contribution in [-0.4, -0.2) is 22.1 Å². The fourth-order valence-corrected chi connectivity index (χ4v) is 3.50. The Morgan fingerprint density at radius 3 is 2.89 bits per heavy atom. The van der Waals surface area contributed by atoms with Gasteiger partial charge < -0.3 is 10.8 Å². The third-order valence-electron chi connectivity index (χ3n) is 3.47. The van der Waals surface area contributed by atoms with Crippen LogP contribution < -0.4 is 5.73 Å². The number of thiazole rings is 1. The van der Waals surface area contributed by atoms with E-state index in [9.17, 15) is 4.79 Å². The number of nitrogens with two attached hydrogens (primary N) is 1. The van der Waals surface area contributed by atoms with Gasteiger partial charge in [0, 0.05) is 23.8 Å². The molecule has 0 aromatic carbocycles. The van der Waals surface area contributed by atoms with Crippen molar-refractivity contribution in [2.75, 3.05) is 0 Å². The molecule has 4 nitrogen and oxygen atoms in total. The first-order chi connectivity index (χ1) is 8.65. The second kappa shape index (κ2) is 6.29. The molecule has 0 bridgehead atoms. The summed E-state index contributed by atoms with van der Waals surface area (Å²) in [6.07, 6.45) is 7.01. The molecule has 1 fully saturated rings. The SMILES string of the molecule is NC(CC(=O)O)Cc1nc(C2CCCCC2)cs1. The van der Waals surface area contributed by atoms with Crippen LogP contribution in [0.5, 0.6) is 0 Å². The highest BCUT2D eigenvalue weighted by atomic mass is 32.1. The number of hydrogen-bond donors (Lipinski definition) is 2. The molecule has 0 aliphatic heterocycles. The van der Waals surface area contributed by atoms with Gasteiger partial charge in [0.05, 0.1) is 17.1 Å². The summed E-state index contributed by atoms with van der Waals surface area (Å²) in [6.45, 7) is 0. The highest BCUT2D eigenvalue weighted by Crippen LogP contribution is 2.33. The van der Waals surface area contributed by atoms with Gasteiger partial charge in [0.2, 0.25) is 0 Å². The van der Waals surface area contributed by atoms with Gasteiger partial charge in [-0.3, -0.25) is 4.79 Å². The maximum atomic E-state index is 10.6. The average Bonchev–Trinajstić information content (AvgIpc) is 2.77. The van der Waals surface area contributed by atoms with Gasteiger partial charge in [-0.15, -0.1) is 11.3 Å². The van der Waals surface area contributed by atoms with Crippen LogP contribution in [0.1, 0.15) is 55.1 Å². The standard InChI is InChI=1S/C13H20N2O2S/c14-10(7-13(16)17)6-12-15-11(8-18-12)9-4-2-1-3-5-9/h8-10H,1-7,14H2,(H,16,17). The van der Waals surface area contributed by atoms with E-state index in [1.165, 1.54) is 37.8 Å². The van der Waals surface area contributed by atoms with Gasteiger partial charge >= 0.3 is 5.97 Å². The van der Waals surface area contributed by atoms with Crippen molar-refractivity contribution < 1.29 is 9.90 Å². The van der Waals surface area contributed by atoms with Gasteiger partial charge in [0.15, 0.2) is 0 Å². The maximum absolute atomic E-state index is 10.6. The Bertz CT molecular complexity index is 399. The lowest BCUT2D eigenvalue weighted by atomic mass is 9.87. The van der Waals surface area contributed by atoms with Crippen LogP contribution in [0.2, 0.25) is 0 Å². The van der Waals surface area contributed by atoms with E-state index in [-0.39, 0.29) is 12.5 Å². The number of carbonyl (C=O) groups is 1. The molecule has 1 heterocycles. The molecule has 1 aliphatic rings. The van der Waals surface area contributed by atoms with Crippen LogP contribution in [0.3, 0.4) is 0 Å². The highest BCUT2D eigenvalue weighted by molar-refractivity contribution is 7.09. The van der Waals surface area contributed by atoms with E-state index in [1.807, 2.05) is 0 Å². The molecule has 1 saturated carbocycles. The van der Waals surface area contributed by atoms with Crippen molar-refractivity contribution in [3.63, 3.8) is 0 Å². The molecule has 18 heavy (non-hydrogen) atoms. The van der Waals surface area contributed by atoms with E-state index >= 15 is 0 Å². The van der Waals surface area contributed by atoms with Crippen LogP contribution in [0.4, 0.5) is 0 Å². The molecule has 0 amide bonds. The minimum Gasteiger partial charge on any atom is -0.481 e. The summed E-state index contributed by atoms with van der Waals surface area (Å²) >= 11 is 1.61. The van der Waals surface area contributed by atoms with Gasteiger partial charge in [-0.2, -0.15) is 0 Å². The molecule has 3 N–H and O–H groups in total. The second-order valence-corrected chi connectivity index (χ2v) is 6.01. The average molecular weight is 268 g/mol. The lowest BCUT2D eigenvalue weighted by Crippen LogP contribution is -2.26. The zero-order valence-electron chi connectivity index (χ0n) is 10.5. The molecule has 5 heteroatoms. The van der Waals surface area contributed by atoms with Gasteiger partial charge in [0.1, 0.15) is 0 Å². The van der Waals surface area contributed by atoms with Crippen molar-refractivity contribution in [3.05, 3.63) is 16.1 Å². The first-order valence-corrected chi connectivity index (χ1v) is 7.45. The van der Waals surface area contributed by atoms with E-state index in [2.05, 4.69) is 10.4 Å². The summed E-state index contributed by atoms with van der Waals surface area (Å²) in [5.74, 6) is -0.231. The first kappa shape index (κ1) is 13.5. The van der Waals surface area contributed by atoms with Crippen molar-refractivity contribution in [2.45, 2.75) is 56.9 Å². The number of rotatable bonds is 5. The number of nitrogens with zero attached hydrogens (tertiary/aromatic N) is 1. The Labute approximate surface area is 111 Å². The van der Waals surface area contributed by atoms with Crippen molar-refractivity contribution >= 4 is 17.3 Å². The number of carboxylic acids is 1. The number of aromatic nitrogens is 1. The van der Waals surface area contributed by atoms with Crippen molar-refractivity contribution in [1.82, 2.24) is 4.98 Å². The van der Waals surface area contributed by atoms with E-state index in [4.69, 9.17) is 10.8 Å². The summed E-state index contributed by atoms with van der Waals surface area (Å²) in [7, 11) is 0. The Hall–Kier alpha value is -0.940. The molecule has 1 atom stereocenters. The molecular weight excluding hydrogens is 248 g/mol. The number of hydrogen-bond acceptors (Lipinski definition) is 4. The van der Waals surface area contributed by atoms with Crippen LogP contribution in [0.25, 0.3) is 0 Å². The molecule has 0 spiro atoms. The Morgan fingerprint density at radius 1 is 1.50 bits per heavy atom. The minimum atomic E-state index is -0.841. The van der Waals surface area contributed by atoms with E-state index in [1.54, 1.807) is 11.3 Å². The molecule has 2 rings (SSSR count). The van der Waals surface area contributed by atoms with Gasteiger partial charge in [0.25, 0.3) is 0 Å². The number of carboxylic acid groups (broad SMARTS) is 1. The third-order valence-corrected chi connectivity index (χ3v) is 4.36. The van der Waals surface area contributed by atoms with Crippen molar-refractivity contribution in [3.8, 4) is 0 Å². The predicted molar refractivity (Wildman–Crippen MR) is 71.9 cm³/mol. The molecule has 1 unspecified atom stereocenters. The molecule has 1 aromatic rings. The van der Waals surface area contributed by atoms with Crippen molar-refractivity contribution in [1.29, 1.82) is 0 Å². The van der Waals surface area contributed by atoms with Crippen LogP contribution >= 0.6 is 11.3 Å². The quantitative estimate of drug-likeness (QED) is 0.860. The Morgan fingerprint density at radius 2 is 2.22 bits per heavy atom. The summed E-state index contributed by atoms with van der Waals surface area (Å²) in [4.78, 5) is 15.2. The first-order valence-electron chi connectivity index (χ1n) is 6.57. The van der Waals surface area contributed by atoms with Gasteiger partial charge in [-0.1, -0.05) is 19.3 Å². The lowest BCUT2D eigenvalue weighted by molar-refractivity contribution is -0.137. The zero-order chi connectivity index (χ0) is 13.0. The fraction of sp³-hybridized carbons (Fsp3) is 0.692. The molecule has 0 saturated heterocycles. The smallest absolute Gasteiger partial charge is 0.304 e. The molecule has 100 valence electrons. The summed E-state index contributed by atoms with van der Waals surface area (Å²) < 4.78 is 0. The Balaban J connectivity index is 1.91. The molecule has 1 aromatic heterocycles. The third kappa shape index (κ3) is 3.78. The molecule has 1 aliphatic carbocycles. The van der Waals surface area contributed by atoms with Crippen molar-refractivity contribution in [2.24, 2.45) is 5.73 Å². The minimum absolute atomic E-state index is 0.0122. The second-order valence-electron chi connectivity index (χ2n) is 5.06. The summed E-state index contributed by atoms with van der Waals surface area (Å²) in [5, 5.41) is 11.8. The summed E-state index contributed by atoms with van der Waals surface area (Å²) in [6, 6.07) is -0.326. The van der Waals surface area contributed by atoms with Gasteiger partial charge in [-0.25, -0.2) is 4.98 Å². The topological polar surface area (TPSA) is 76.2 Å². The van der Waals surface area contributed by atoms with E-state index in [0.29, 0.717) is 12.3 Å². The van der Waals surface area contributed by atoms with Crippen LogP contribution in [0, 0.1) is 0 Å². The van der Waals surface area contributed by atoms with Crippen LogP contribution in [-0.2, 0) is 11.2 Å². The maximum Gasteiger partial charge on any atom is 0.304 e.